The molecule has 0 radical (unpaired) electrons. The summed E-state index contributed by atoms with van der Waals surface area (Å²) < 4.78 is 12.3. The molecule has 0 bridgehead atoms. The van der Waals surface area contributed by atoms with Crippen molar-refractivity contribution in [1.82, 2.24) is 4.90 Å². The van der Waals surface area contributed by atoms with Gasteiger partial charge in [0.25, 0.3) is 0 Å². The molecule has 3 nitrogen and oxygen atoms in total. The lowest BCUT2D eigenvalue weighted by Gasteiger charge is -2.37. The number of nitrogens with zero attached hydrogens (tertiary/aromatic N) is 1. The van der Waals surface area contributed by atoms with E-state index < -0.39 is 8.56 Å². The van der Waals surface area contributed by atoms with E-state index in [4.69, 9.17) is 8.85 Å². The molecule has 0 aromatic carbocycles. The molecule has 0 spiro atoms. The van der Waals surface area contributed by atoms with Crippen LogP contribution in [0.3, 0.4) is 0 Å². The second kappa shape index (κ2) is 7.63. The van der Waals surface area contributed by atoms with Crippen LogP contribution in [0, 0.1) is 5.92 Å². The first kappa shape index (κ1) is 16.2. The molecule has 0 amide bonds. The van der Waals surface area contributed by atoms with E-state index in [0.717, 1.165) is 18.5 Å². The summed E-state index contributed by atoms with van der Waals surface area (Å²) >= 11 is 0. The molecule has 1 aliphatic rings. The molecular formula is C14H31NO2Si. The van der Waals surface area contributed by atoms with Crippen molar-refractivity contribution in [3.05, 3.63) is 0 Å². The molecule has 0 N–H and O–H groups in total. The summed E-state index contributed by atoms with van der Waals surface area (Å²) in [5, 5.41) is 0. The van der Waals surface area contributed by atoms with E-state index >= 15 is 0 Å². The van der Waals surface area contributed by atoms with Crippen LogP contribution >= 0.6 is 0 Å². The number of likely N-dealkylation sites (tertiary alicyclic amines) is 1. The van der Waals surface area contributed by atoms with E-state index in [9.17, 15) is 0 Å². The molecule has 108 valence electrons. The highest BCUT2D eigenvalue weighted by molar-refractivity contribution is 6.67. The van der Waals surface area contributed by atoms with Crippen LogP contribution in [-0.2, 0) is 8.85 Å². The fraction of sp³-hybridized carbons (Fsp3) is 1.00. The van der Waals surface area contributed by atoms with E-state index in [-0.39, 0.29) is 6.23 Å². The van der Waals surface area contributed by atoms with Gasteiger partial charge in [-0.2, -0.15) is 0 Å². The molecule has 1 saturated heterocycles. The zero-order chi connectivity index (χ0) is 13.6. The first-order chi connectivity index (χ1) is 8.56. The Balaban J connectivity index is 2.69. The fourth-order valence-corrected chi connectivity index (χ4v) is 4.95. The molecular weight excluding hydrogens is 242 g/mol. The monoisotopic (exact) mass is 273 g/mol. The summed E-state index contributed by atoms with van der Waals surface area (Å²) in [6.07, 6.45) is 4.03. The average Bonchev–Trinajstić information content (AvgIpc) is 2.88. The molecule has 0 aliphatic carbocycles. The van der Waals surface area contributed by atoms with Gasteiger partial charge in [0.1, 0.15) is 6.23 Å². The third kappa shape index (κ3) is 4.33. The topological polar surface area (TPSA) is 21.7 Å². The first-order valence-corrected chi connectivity index (χ1v) is 9.77. The minimum Gasteiger partial charge on any atom is -0.398 e. The minimum absolute atomic E-state index is 0.277. The molecule has 1 atom stereocenters. The molecule has 18 heavy (non-hydrogen) atoms. The standard InChI is InChI=1S/C14H31NO2Si/c1-6-18(7-2,16-5)17-14(12-13(3)4)15-10-8-9-11-15/h13-14H,6-12H2,1-5H3. The van der Waals surface area contributed by atoms with Crippen molar-refractivity contribution in [1.29, 1.82) is 0 Å². The first-order valence-electron chi connectivity index (χ1n) is 7.54. The maximum Gasteiger partial charge on any atom is 0.338 e. The van der Waals surface area contributed by atoms with Crippen molar-refractivity contribution in [3.8, 4) is 0 Å². The van der Waals surface area contributed by atoms with Crippen molar-refractivity contribution in [2.75, 3.05) is 20.2 Å². The van der Waals surface area contributed by atoms with Gasteiger partial charge in [0, 0.05) is 20.2 Å². The van der Waals surface area contributed by atoms with Crippen molar-refractivity contribution in [2.24, 2.45) is 5.92 Å². The van der Waals surface area contributed by atoms with Crippen LogP contribution in [0.15, 0.2) is 0 Å². The molecule has 0 aromatic heterocycles. The maximum atomic E-state index is 6.52. The minimum atomic E-state index is -1.96. The van der Waals surface area contributed by atoms with Gasteiger partial charge in [-0.3, -0.25) is 4.90 Å². The van der Waals surface area contributed by atoms with Gasteiger partial charge in [0.15, 0.2) is 0 Å². The normalized spacial score (nSPS) is 19.7. The van der Waals surface area contributed by atoms with Crippen molar-refractivity contribution < 1.29 is 8.85 Å². The number of rotatable bonds is 8. The molecule has 1 aliphatic heterocycles. The molecule has 1 rings (SSSR count). The van der Waals surface area contributed by atoms with Crippen molar-refractivity contribution in [3.63, 3.8) is 0 Å². The van der Waals surface area contributed by atoms with Crippen LogP contribution in [0.5, 0.6) is 0 Å². The molecule has 0 aromatic rings. The largest absolute Gasteiger partial charge is 0.398 e. The molecule has 1 heterocycles. The predicted octanol–water partition coefficient (Wildman–Crippen LogP) is 3.60. The summed E-state index contributed by atoms with van der Waals surface area (Å²) in [5.74, 6) is 0.674. The highest BCUT2D eigenvalue weighted by Gasteiger charge is 2.37. The summed E-state index contributed by atoms with van der Waals surface area (Å²) in [4.78, 5) is 2.52. The zero-order valence-electron chi connectivity index (χ0n) is 12.9. The molecule has 1 fully saturated rings. The quantitative estimate of drug-likeness (QED) is 0.631. The van der Waals surface area contributed by atoms with Gasteiger partial charge in [0.05, 0.1) is 0 Å². The van der Waals surface area contributed by atoms with Crippen LogP contribution in [0.25, 0.3) is 0 Å². The second-order valence-electron chi connectivity index (χ2n) is 5.77. The van der Waals surface area contributed by atoms with Crippen LogP contribution in [0.4, 0.5) is 0 Å². The second-order valence-corrected chi connectivity index (χ2v) is 9.65. The summed E-state index contributed by atoms with van der Waals surface area (Å²) in [6.45, 7) is 11.4. The lowest BCUT2D eigenvalue weighted by Crippen LogP contribution is -2.48. The summed E-state index contributed by atoms with van der Waals surface area (Å²) in [7, 11) is -0.128. The van der Waals surface area contributed by atoms with Gasteiger partial charge in [-0.15, -0.1) is 0 Å². The SMILES string of the molecule is CC[Si](CC)(OC)OC(CC(C)C)N1CCCC1. The zero-order valence-corrected chi connectivity index (χ0v) is 13.9. The third-order valence-corrected chi connectivity index (χ3v) is 7.62. The van der Waals surface area contributed by atoms with Crippen LogP contribution in [0.2, 0.25) is 12.1 Å². The summed E-state index contributed by atoms with van der Waals surface area (Å²) in [5.41, 5.74) is 0. The van der Waals surface area contributed by atoms with Crippen molar-refractivity contribution in [2.45, 2.75) is 65.3 Å². The smallest absolute Gasteiger partial charge is 0.338 e. The van der Waals surface area contributed by atoms with Gasteiger partial charge in [0.2, 0.25) is 0 Å². The Labute approximate surface area is 114 Å². The molecule has 4 heteroatoms. The van der Waals surface area contributed by atoms with Gasteiger partial charge < -0.3 is 8.85 Å². The van der Waals surface area contributed by atoms with Gasteiger partial charge in [-0.05, 0) is 37.3 Å². The van der Waals surface area contributed by atoms with Crippen LogP contribution in [0.1, 0.15) is 47.0 Å². The highest BCUT2D eigenvalue weighted by Crippen LogP contribution is 2.26. The molecule has 0 saturated carbocycles. The van der Waals surface area contributed by atoms with Gasteiger partial charge in [-0.25, -0.2) is 0 Å². The lowest BCUT2D eigenvalue weighted by molar-refractivity contribution is -0.00330. The van der Waals surface area contributed by atoms with Crippen LogP contribution < -0.4 is 0 Å². The van der Waals surface area contributed by atoms with E-state index in [0.29, 0.717) is 5.92 Å². The Morgan fingerprint density at radius 2 is 1.67 bits per heavy atom. The third-order valence-electron chi connectivity index (χ3n) is 4.02. The van der Waals surface area contributed by atoms with Gasteiger partial charge >= 0.3 is 8.56 Å². The Hall–Kier alpha value is 0.0969. The summed E-state index contributed by atoms with van der Waals surface area (Å²) in [6, 6.07) is 2.09. The Kier molecular flexibility index (Phi) is 6.85. The number of hydrogen-bond acceptors (Lipinski definition) is 3. The fourth-order valence-electron chi connectivity index (χ4n) is 2.71. The Morgan fingerprint density at radius 1 is 1.11 bits per heavy atom. The predicted molar refractivity (Wildman–Crippen MR) is 78.9 cm³/mol. The van der Waals surface area contributed by atoms with E-state index in [2.05, 4.69) is 32.6 Å². The lowest BCUT2D eigenvalue weighted by atomic mass is 10.1. The van der Waals surface area contributed by atoms with Crippen molar-refractivity contribution >= 4 is 8.56 Å². The number of hydrogen-bond donors (Lipinski definition) is 0. The van der Waals surface area contributed by atoms with E-state index in [1.807, 2.05) is 7.11 Å². The van der Waals surface area contributed by atoms with Gasteiger partial charge in [-0.1, -0.05) is 27.7 Å². The Morgan fingerprint density at radius 3 is 2.06 bits per heavy atom. The maximum absolute atomic E-state index is 6.52. The van der Waals surface area contributed by atoms with E-state index in [1.165, 1.54) is 25.9 Å². The Bertz CT molecular complexity index is 218. The van der Waals surface area contributed by atoms with Crippen LogP contribution in [-0.4, -0.2) is 39.9 Å². The average molecular weight is 273 g/mol. The van der Waals surface area contributed by atoms with E-state index in [1.54, 1.807) is 0 Å². The highest BCUT2D eigenvalue weighted by atomic mass is 28.4. The molecule has 1 unspecified atom stereocenters.